The number of anilines is 1. The molecule has 1 atom stereocenters. The number of amides is 1. The molecule has 0 aromatic heterocycles. The molecule has 1 N–H and O–H groups in total. The lowest BCUT2D eigenvalue weighted by atomic mass is 10.1. The number of carbonyl (C=O) groups is 1. The molecule has 110 valence electrons. The molecule has 20 heavy (non-hydrogen) atoms. The maximum atomic E-state index is 13.5. The molecule has 1 saturated heterocycles. The molecule has 1 aliphatic heterocycles. The van der Waals surface area contributed by atoms with Gasteiger partial charge in [0.05, 0.1) is 10.2 Å². The standard InChI is InChI=1S/C13H15BrFNO3S/c1-8-6-9(14)10(15)7-11(8)16-13(17)12-4-2-3-5-20(12,18)19/h6-7,12H,2-5H2,1H3,(H,16,17). The number of aryl methyl sites for hydroxylation is 1. The van der Waals surface area contributed by atoms with Gasteiger partial charge in [0.2, 0.25) is 5.91 Å². The van der Waals surface area contributed by atoms with Crippen molar-refractivity contribution in [2.45, 2.75) is 31.4 Å². The van der Waals surface area contributed by atoms with E-state index in [1.807, 2.05) is 0 Å². The van der Waals surface area contributed by atoms with Gasteiger partial charge in [0.15, 0.2) is 9.84 Å². The lowest BCUT2D eigenvalue weighted by Gasteiger charge is -2.22. The molecule has 4 nitrogen and oxygen atoms in total. The smallest absolute Gasteiger partial charge is 0.242 e. The van der Waals surface area contributed by atoms with Crippen LogP contribution in [0.5, 0.6) is 0 Å². The second kappa shape index (κ2) is 5.81. The Balaban J connectivity index is 2.22. The van der Waals surface area contributed by atoms with E-state index in [0.29, 0.717) is 35.0 Å². The molecule has 0 spiro atoms. The lowest BCUT2D eigenvalue weighted by molar-refractivity contribution is -0.116. The van der Waals surface area contributed by atoms with Crippen LogP contribution in [-0.4, -0.2) is 25.3 Å². The molecule has 0 bridgehead atoms. The van der Waals surface area contributed by atoms with E-state index < -0.39 is 26.8 Å². The van der Waals surface area contributed by atoms with Crippen molar-refractivity contribution in [1.29, 1.82) is 0 Å². The van der Waals surface area contributed by atoms with Crippen LogP contribution in [0, 0.1) is 12.7 Å². The Morgan fingerprint density at radius 1 is 1.40 bits per heavy atom. The quantitative estimate of drug-likeness (QED) is 0.878. The van der Waals surface area contributed by atoms with Gasteiger partial charge in [0.25, 0.3) is 0 Å². The van der Waals surface area contributed by atoms with Gasteiger partial charge in [0, 0.05) is 5.69 Å². The zero-order chi connectivity index (χ0) is 14.9. The Hall–Kier alpha value is -0.950. The minimum absolute atomic E-state index is 0.0404. The molecule has 1 unspecified atom stereocenters. The van der Waals surface area contributed by atoms with Crippen molar-refractivity contribution < 1.29 is 17.6 Å². The van der Waals surface area contributed by atoms with Crippen LogP contribution in [-0.2, 0) is 14.6 Å². The summed E-state index contributed by atoms with van der Waals surface area (Å²) >= 11 is 3.06. The Kier molecular flexibility index (Phi) is 4.49. The van der Waals surface area contributed by atoms with Crippen LogP contribution in [0.4, 0.5) is 10.1 Å². The predicted octanol–water partition coefficient (Wildman–Crippen LogP) is 2.80. The molecule has 1 aromatic rings. The van der Waals surface area contributed by atoms with Crippen LogP contribution in [0.2, 0.25) is 0 Å². The third-order valence-electron chi connectivity index (χ3n) is 3.40. The first-order valence-corrected chi connectivity index (χ1v) is 8.80. The SMILES string of the molecule is Cc1cc(Br)c(F)cc1NC(=O)C1CCCCS1(=O)=O. The van der Waals surface area contributed by atoms with E-state index in [9.17, 15) is 17.6 Å². The fourth-order valence-corrected chi connectivity index (χ4v) is 4.50. The summed E-state index contributed by atoms with van der Waals surface area (Å²) in [6.07, 6.45) is 1.63. The maximum Gasteiger partial charge on any atom is 0.242 e. The molecule has 0 aliphatic carbocycles. The summed E-state index contributed by atoms with van der Waals surface area (Å²) in [6, 6.07) is 2.73. The van der Waals surface area contributed by atoms with Gasteiger partial charge in [-0.1, -0.05) is 6.42 Å². The number of carbonyl (C=O) groups excluding carboxylic acids is 1. The second-order valence-corrected chi connectivity index (χ2v) is 8.08. The van der Waals surface area contributed by atoms with Crippen LogP contribution >= 0.6 is 15.9 Å². The number of rotatable bonds is 2. The largest absolute Gasteiger partial charge is 0.325 e. The van der Waals surface area contributed by atoms with E-state index >= 15 is 0 Å². The number of nitrogens with one attached hydrogen (secondary N) is 1. The maximum absolute atomic E-state index is 13.5. The van der Waals surface area contributed by atoms with Crippen molar-refractivity contribution in [2.75, 3.05) is 11.1 Å². The molecule has 1 heterocycles. The first-order chi connectivity index (χ1) is 9.31. The van der Waals surface area contributed by atoms with E-state index in [0.717, 1.165) is 0 Å². The normalized spacial score (nSPS) is 21.4. The number of hydrogen-bond acceptors (Lipinski definition) is 3. The predicted molar refractivity (Wildman–Crippen MR) is 78.9 cm³/mol. The number of halogens is 2. The highest BCUT2D eigenvalue weighted by Crippen LogP contribution is 2.26. The number of hydrogen-bond donors (Lipinski definition) is 1. The lowest BCUT2D eigenvalue weighted by Crippen LogP contribution is -2.39. The summed E-state index contributed by atoms with van der Waals surface area (Å²) in [7, 11) is -3.39. The van der Waals surface area contributed by atoms with Gasteiger partial charge >= 0.3 is 0 Å². The molecule has 0 radical (unpaired) electrons. The van der Waals surface area contributed by atoms with Crippen molar-refractivity contribution >= 4 is 37.4 Å². The third kappa shape index (κ3) is 3.20. The van der Waals surface area contributed by atoms with Crippen molar-refractivity contribution in [2.24, 2.45) is 0 Å². The monoisotopic (exact) mass is 363 g/mol. The van der Waals surface area contributed by atoms with Crippen LogP contribution in [0.1, 0.15) is 24.8 Å². The van der Waals surface area contributed by atoms with E-state index in [4.69, 9.17) is 0 Å². The average molecular weight is 364 g/mol. The first-order valence-electron chi connectivity index (χ1n) is 6.29. The highest BCUT2D eigenvalue weighted by atomic mass is 79.9. The van der Waals surface area contributed by atoms with Gasteiger partial charge in [-0.05, 0) is 53.4 Å². The second-order valence-electron chi connectivity index (χ2n) is 4.92. The van der Waals surface area contributed by atoms with Gasteiger partial charge < -0.3 is 5.32 Å². The number of benzene rings is 1. The Morgan fingerprint density at radius 3 is 2.75 bits per heavy atom. The summed E-state index contributed by atoms with van der Waals surface area (Å²) < 4.78 is 37.5. The van der Waals surface area contributed by atoms with Crippen LogP contribution < -0.4 is 5.32 Å². The van der Waals surface area contributed by atoms with Gasteiger partial charge in [-0.2, -0.15) is 0 Å². The van der Waals surface area contributed by atoms with Gasteiger partial charge in [-0.15, -0.1) is 0 Å². The molecular weight excluding hydrogens is 349 g/mol. The highest BCUT2D eigenvalue weighted by Gasteiger charge is 2.35. The van der Waals surface area contributed by atoms with Crippen molar-refractivity contribution in [3.8, 4) is 0 Å². The van der Waals surface area contributed by atoms with E-state index in [1.54, 1.807) is 13.0 Å². The fraction of sp³-hybridized carbons (Fsp3) is 0.462. The zero-order valence-electron chi connectivity index (χ0n) is 10.9. The molecule has 0 saturated carbocycles. The molecule has 7 heteroatoms. The molecule has 1 fully saturated rings. The topological polar surface area (TPSA) is 63.2 Å². The number of sulfone groups is 1. The van der Waals surface area contributed by atoms with E-state index in [2.05, 4.69) is 21.2 Å². The highest BCUT2D eigenvalue weighted by molar-refractivity contribution is 9.10. The van der Waals surface area contributed by atoms with Gasteiger partial charge in [-0.25, -0.2) is 12.8 Å². The van der Waals surface area contributed by atoms with E-state index in [-0.39, 0.29) is 5.75 Å². The molecule has 1 aromatic carbocycles. The summed E-state index contributed by atoms with van der Waals surface area (Å²) in [5.74, 6) is -1.04. The minimum Gasteiger partial charge on any atom is -0.325 e. The fourth-order valence-electron chi connectivity index (χ4n) is 2.24. The third-order valence-corrected chi connectivity index (χ3v) is 6.18. The Labute approximate surface area is 125 Å². The van der Waals surface area contributed by atoms with Crippen molar-refractivity contribution in [3.05, 3.63) is 28.0 Å². The van der Waals surface area contributed by atoms with Crippen LogP contribution in [0.15, 0.2) is 16.6 Å². The molecule has 2 rings (SSSR count). The summed E-state index contributed by atoms with van der Waals surface area (Å²) in [5, 5.41) is 1.50. The Bertz CT molecular complexity index is 645. The van der Waals surface area contributed by atoms with Crippen LogP contribution in [0.3, 0.4) is 0 Å². The zero-order valence-corrected chi connectivity index (χ0v) is 13.4. The summed E-state index contributed by atoms with van der Waals surface area (Å²) in [6.45, 7) is 1.72. The van der Waals surface area contributed by atoms with Crippen LogP contribution in [0.25, 0.3) is 0 Å². The molecule has 1 amide bonds. The molecular formula is C13H15BrFNO3S. The van der Waals surface area contributed by atoms with Crippen molar-refractivity contribution in [3.63, 3.8) is 0 Å². The average Bonchev–Trinajstić information content (AvgIpc) is 2.35. The molecule has 1 aliphatic rings. The first kappa shape index (κ1) is 15.4. The van der Waals surface area contributed by atoms with E-state index in [1.165, 1.54) is 6.07 Å². The van der Waals surface area contributed by atoms with Crippen molar-refractivity contribution in [1.82, 2.24) is 0 Å². The minimum atomic E-state index is -3.39. The summed E-state index contributed by atoms with van der Waals surface area (Å²) in [5.41, 5.74) is 0.969. The summed E-state index contributed by atoms with van der Waals surface area (Å²) in [4.78, 5) is 12.1. The van der Waals surface area contributed by atoms with Gasteiger partial charge in [-0.3, -0.25) is 4.79 Å². The van der Waals surface area contributed by atoms with Gasteiger partial charge in [0.1, 0.15) is 11.1 Å². The Morgan fingerprint density at radius 2 is 2.10 bits per heavy atom.